The summed E-state index contributed by atoms with van der Waals surface area (Å²) in [5.74, 6) is 0. The van der Waals surface area contributed by atoms with E-state index in [0.29, 0.717) is 0 Å². The van der Waals surface area contributed by atoms with Gasteiger partial charge in [-0.05, 0) is 36.8 Å². The molecule has 1 aliphatic carbocycles. The zero-order valence-electron chi connectivity index (χ0n) is 9.70. The Bertz CT molecular complexity index is 464. The maximum Gasteiger partial charge on any atom is 0.319 e. The molecule has 0 spiro atoms. The van der Waals surface area contributed by atoms with Crippen molar-refractivity contribution in [2.75, 3.05) is 0 Å². The molecule has 3 rings (SSSR count). The number of urea groups is 1. The molecule has 1 atom stereocenters. The van der Waals surface area contributed by atoms with E-state index in [1.165, 1.54) is 24.0 Å². The second-order valence-corrected chi connectivity index (χ2v) is 4.65. The van der Waals surface area contributed by atoms with E-state index in [1.807, 2.05) is 18.2 Å². The fourth-order valence-electron chi connectivity index (χ4n) is 2.71. The molecule has 17 heavy (non-hydrogen) atoms. The standard InChI is InChI=1S/C14H16N2O/c17-14-15-12-9-5-4-8-11(12)13(16-14)10-6-2-1-3-7-10/h1-3,6-7,13H,4-5,8-9H2,(H2,15,16,17). The summed E-state index contributed by atoms with van der Waals surface area (Å²) in [6.07, 6.45) is 4.49. The van der Waals surface area contributed by atoms with Crippen LogP contribution in [0.5, 0.6) is 0 Å². The van der Waals surface area contributed by atoms with Gasteiger partial charge < -0.3 is 10.6 Å². The van der Waals surface area contributed by atoms with Crippen LogP contribution in [-0.4, -0.2) is 6.03 Å². The molecule has 1 aliphatic heterocycles. The molecule has 3 nitrogen and oxygen atoms in total. The summed E-state index contributed by atoms with van der Waals surface area (Å²) in [4.78, 5) is 11.6. The van der Waals surface area contributed by atoms with Crippen LogP contribution in [0, 0.1) is 0 Å². The lowest BCUT2D eigenvalue weighted by atomic mass is 9.86. The van der Waals surface area contributed by atoms with E-state index in [-0.39, 0.29) is 12.1 Å². The van der Waals surface area contributed by atoms with E-state index >= 15 is 0 Å². The number of rotatable bonds is 1. The Morgan fingerprint density at radius 2 is 1.82 bits per heavy atom. The van der Waals surface area contributed by atoms with E-state index in [1.54, 1.807) is 0 Å². The fourth-order valence-corrected chi connectivity index (χ4v) is 2.71. The van der Waals surface area contributed by atoms with Crippen molar-refractivity contribution in [3.63, 3.8) is 0 Å². The maximum absolute atomic E-state index is 11.6. The van der Waals surface area contributed by atoms with Gasteiger partial charge in [0.25, 0.3) is 0 Å². The molecule has 1 unspecified atom stereocenters. The van der Waals surface area contributed by atoms with Crippen LogP contribution in [0.4, 0.5) is 4.79 Å². The Balaban J connectivity index is 2.00. The summed E-state index contributed by atoms with van der Waals surface area (Å²) in [6.45, 7) is 0. The first-order chi connectivity index (χ1) is 8.34. The molecule has 3 heteroatoms. The Morgan fingerprint density at radius 3 is 2.65 bits per heavy atom. The molecule has 1 aromatic carbocycles. The Morgan fingerprint density at radius 1 is 1.06 bits per heavy atom. The predicted molar refractivity (Wildman–Crippen MR) is 66.3 cm³/mol. The first kappa shape index (κ1) is 10.4. The van der Waals surface area contributed by atoms with Crippen molar-refractivity contribution < 1.29 is 4.79 Å². The Labute approximate surface area is 101 Å². The van der Waals surface area contributed by atoms with Gasteiger partial charge in [-0.15, -0.1) is 0 Å². The molecule has 0 fully saturated rings. The van der Waals surface area contributed by atoms with Crippen LogP contribution in [0.1, 0.15) is 37.3 Å². The van der Waals surface area contributed by atoms with E-state index < -0.39 is 0 Å². The molecular weight excluding hydrogens is 212 g/mol. The third-order valence-electron chi connectivity index (χ3n) is 3.53. The average molecular weight is 228 g/mol. The fraction of sp³-hybridized carbons (Fsp3) is 0.357. The highest BCUT2D eigenvalue weighted by Gasteiger charge is 2.28. The SMILES string of the molecule is O=C1NC2=C(CCCC2)C(c2ccccc2)N1. The van der Waals surface area contributed by atoms with Crippen molar-refractivity contribution in [3.8, 4) is 0 Å². The van der Waals surface area contributed by atoms with Gasteiger partial charge in [0.15, 0.2) is 0 Å². The zero-order valence-corrected chi connectivity index (χ0v) is 9.70. The van der Waals surface area contributed by atoms with Crippen molar-refractivity contribution >= 4 is 6.03 Å². The van der Waals surface area contributed by atoms with Crippen molar-refractivity contribution in [2.24, 2.45) is 0 Å². The average Bonchev–Trinajstić information content (AvgIpc) is 2.39. The molecule has 2 amide bonds. The van der Waals surface area contributed by atoms with Gasteiger partial charge >= 0.3 is 6.03 Å². The molecule has 1 heterocycles. The van der Waals surface area contributed by atoms with E-state index in [0.717, 1.165) is 18.5 Å². The largest absolute Gasteiger partial charge is 0.327 e. The first-order valence-corrected chi connectivity index (χ1v) is 6.19. The number of allylic oxidation sites excluding steroid dienone is 1. The van der Waals surface area contributed by atoms with Crippen LogP contribution in [0.2, 0.25) is 0 Å². The summed E-state index contributed by atoms with van der Waals surface area (Å²) in [6, 6.07) is 10.2. The predicted octanol–water partition coefficient (Wildman–Crippen LogP) is 2.87. The second kappa shape index (κ2) is 4.24. The molecule has 2 N–H and O–H groups in total. The first-order valence-electron chi connectivity index (χ1n) is 6.19. The van der Waals surface area contributed by atoms with E-state index in [2.05, 4.69) is 22.8 Å². The zero-order chi connectivity index (χ0) is 11.7. The van der Waals surface area contributed by atoms with Gasteiger partial charge in [-0.2, -0.15) is 0 Å². The molecule has 0 bridgehead atoms. The molecule has 2 aliphatic rings. The highest BCUT2D eigenvalue weighted by atomic mass is 16.2. The molecule has 0 radical (unpaired) electrons. The number of nitrogens with one attached hydrogen (secondary N) is 2. The number of carbonyl (C=O) groups excluding carboxylic acids is 1. The molecule has 1 aromatic rings. The van der Waals surface area contributed by atoms with Gasteiger partial charge in [0.1, 0.15) is 0 Å². The van der Waals surface area contributed by atoms with Gasteiger partial charge in [-0.25, -0.2) is 4.79 Å². The summed E-state index contributed by atoms with van der Waals surface area (Å²) < 4.78 is 0. The van der Waals surface area contributed by atoms with Crippen LogP contribution >= 0.6 is 0 Å². The van der Waals surface area contributed by atoms with Gasteiger partial charge in [-0.3, -0.25) is 0 Å². The van der Waals surface area contributed by atoms with Crippen molar-refractivity contribution in [2.45, 2.75) is 31.7 Å². The number of benzene rings is 1. The molecule has 0 aromatic heterocycles. The third kappa shape index (κ3) is 1.93. The van der Waals surface area contributed by atoms with Gasteiger partial charge in [-0.1, -0.05) is 30.3 Å². The molecule has 88 valence electrons. The van der Waals surface area contributed by atoms with E-state index in [4.69, 9.17) is 0 Å². The van der Waals surface area contributed by atoms with Gasteiger partial charge in [0.2, 0.25) is 0 Å². The van der Waals surface area contributed by atoms with E-state index in [9.17, 15) is 4.79 Å². The van der Waals surface area contributed by atoms with Crippen LogP contribution in [0.15, 0.2) is 41.6 Å². The number of hydrogen-bond acceptors (Lipinski definition) is 1. The number of carbonyl (C=O) groups is 1. The Kier molecular flexibility index (Phi) is 2.59. The lowest BCUT2D eigenvalue weighted by Gasteiger charge is -2.33. The number of hydrogen-bond donors (Lipinski definition) is 2. The minimum atomic E-state index is -0.0699. The maximum atomic E-state index is 11.6. The lowest BCUT2D eigenvalue weighted by Crippen LogP contribution is -2.44. The summed E-state index contributed by atoms with van der Waals surface area (Å²) in [5, 5.41) is 5.97. The minimum absolute atomic E-state index is 0.0697. The number of amides is 2. The van der Waals surface area contributed by atoms with Gasteiger partial charge in [0.05, 0.1) is 6.04 Å². The topological polar surface area (TPSA) is 41.1 Å². The monoisotopic (exact) mass is 228 g/mol. The highest BCUT2D eigenvalue weighted by molar-refractivity contribution is 5.79. The van der Waals surface area contributed by atoms with Crippen LogP contribution in [0.25, 0.3) is 0 Å². The van der Waals surface area contributed by atoms with Crippen molar-refractivity contribution in [1.82, 2.24) is 10.6 Å². The quantitative estimate of drug-likeness (QED) is 0.762. The van der Waals surface area contributed by atoms with Crippen LogP contribution in [-0.2, 0) is 0 Å². The van der Waals surface area contributed by atoms with Gasteiger partial charge in [0, 0.05) is 5.70 Å². The van der Waals surface area contributed by atoms with Crippen LogP contribution in [0.3, 0.4) is 0 Å². The second-order valence-electron chi connectivity index (χ2n) is 4.65. The highest BCUT2D eigenvalue weighted by Crippen LogP contribution is 2.34. The lowest BCUT2D eigenvalue weighted by molar-refractivity contribution is 0.236. The summed E-state index contributed by atoms with van der Waals surface area (Å²) >= 11 is 0. The van der Waals surface area contributed by atoms with Crippen LogP contribution < -0.4 is 10.6 Å². The Hall–Kier alpha value is -1.77. The van der Waals surface area contributed by atoms with Crippen molar-refractivity contribution in [1.29, 1.82) is 0 Å². The smallest absolute Gasteiger partial charge is 0.319 e. The molecule has 0 saturated heterocycles. The normalized spacial score (nSPS) is 23.8. The molecule has 0 saturated carbocycles. The molecular formula is C14H16N2O. The summed E-state index contributed by atoms with van der Waals surface area (Å²) in [7, 11) is 0. The third-order valence-corrected chi connectivity index (χ3v) is 3.53. The summed E-state index contributed by atoms with van der Waals surface area (Å²) in [5.41, 5.74) is 3.69. The minimum Gasteiger partial charge on any atom is -0.327 e. The van der Waals surface area contributed by atoms with Crippen molar-refractivity contribution in [3.05, 3.63) is 47.2 Å².